The van der Waals surface area contributed by atoms with Crippen LogP contribution in [-0.4, -0.2) is 16.2 Å². The van der Waals surface area contributed by atoms with Crippen molar-refractivity contribution in [1.29, 1.82) is 0 Å². The minimum atomic E-state index is -0.0173. The van der Waals surface area contributed by atoms with Gasteiger partial charge in [-0.25, -0.2) is 4.98 Å². The highest BCUT2D eigenvalue weighted by Gasteiger charge is 2.29. The first kappa shape index (κ1) is 37.3. The summed E-state index contributed by atoms with van der Waals surface area (Å²) in [5, 5.41) is 2.33. The van der Waals surface area contributed by atoms with Crippen molar-refractivity contribution in [2.45, 2.75) is 72.1 Å². The van der Waals surface area contributed by atoms with Crippen LogP contribution in [-0.2, 0) is 10.8 Å². The van der Waals surface area contributed by atoms with E-state index in [1.54, 1.807) is 0 Å². The predicted octanol–water partition coefficient (Wildman–Crippen LogP) is 14.6. The lowest BCUT2D eigenvalue weighted by Crippen LogP contribution is -2.24. The molecule has 58 heavy (non-hydrogen) atoms. The average molecular weight is 761 g/mol. The summed E-state index contributed by atoms with van der Waals surface area (Å²) in [6.45, 7) is 18.9. The van der Waals surface area contributed by atoms with E-state index in [0.717, 1.165) is 39.4 Å². The molecule has 0 spiro atoms. The summed E-state index contributed by atoms with van der Waals surface area (Å²) in [7, 11) is 0. The van der Waals surface area contributed by atoms with Crippen molar-refractivity contribution in [1.82, 2.24) is 9.55 Å². The van der Waals surface area contributed by atoms with E-state index in [1.165, 1.54) is 50.3 Å². The molecule has 0 bridgehead atoms. The van der Waals surface area contributed by atoms with Gasteiger partial charge in [-0.05, 0) is 117 Å². The van der Waals surface area contributed by atoms with Crippen LogP contribution in [0.1, 0.15) is 78.0 Å². The molecule has 1 aliphatic heterocycles. The van der Waals surface area contributed by atoms with Gasteiger partial charge in [-0.15, -0.1) is 0 Å². The number of pyridine rings is 1. The molecule has 0 unspecified atom stereocenters. The number of anilines is 4. The Labute approximate surface area is 343 Å². The van der Waals surface area contributed by atoms with Crippen molar-refractivity contribution < 1.29 is 4.74 Å². The molecule has 0 saturated carbocycles. The number of ether oxygens (including phenoxy) is 1. The summed E-state index contributed by atoms with van der Waals surface area (Å²) < 4.78 is 9.05. The Morgan fingerprint density at radius 2 is 1.24 bits per heavy atom. The number of para-hydroxylation sites is 2. The Hall–Kier alpha value is -6.33. The first-order valence-corrected chi connectivity index (χ1v) is 20.5. The molecular formula is C53H52N4O. The summed E-state index contributed by atoms with van der Waals surface area (Å²) in [5.41, 5.74) is 13.2. The van der Waals surface area contributed by atoms with Crippen LogP contribution in [0.25, 0.3) is 38.8 Å². The number of fused-ring (bicyclic) bond motifs is 4. The lowest BCUT2D eigenvalue weighted by Gasteiger charge is -2.27. The molecule has 9 rings (SSSR count). The van der Waals surface area contributed by atoms with Gasteiger partial charge < -0.3 is 14.5 Å². The number of hydrogen-bond donors (Lipinski definition) is 0. The van der Waals surface area contributed by atoms with Gasteiger partial charge in [-0.1, -0.05) is 116 Å². The largest absolute Gasteiger partial charge is 0.457 e. The van der Waals surface area contributed by atoms with Crippen molar-refractivity contribution in [2.24, 2.45) is 0 Å². The Morgan fingerprint density at radius 1 is 0.534 bits per heavy atom. The smallest absolute Gasteiger partial charge is 0.137 e. The monoisotopic (exact) mass is 760 g/mol. The molecule has 2 aromatic heterocycles. The zero-order valence-electron chi connectivity index (χ0n) is 34.9. The molecule has 8 aromatic rings. The normalized spacial score (nSPS) is 13.2. The van der Waals surface area contributed by atoms with E-state index in [-0.39, 0.29) is 10.8 Å². The molecule has 1 aliphatic rings. The zero-order chi connectivity index (χ0) is 40.3. The molecular weight excluding hydrogens is 709 g/mol. The van der Waals surface area contributed by atoms with Crippen LogP contribution in [0.5, 0.6) is 11.5 Å². The van der Waals surface area contributed by atoms with Gasteiger partial charge in [-0.2, -0.15) is 0 Å². The van der Waals surface area contributed by atoms with Crippen LogP contribution >= 0.6 is 0 Å². The third-order valence-corrected chi connectivity index (χ3v) is 11.6. The minimum absolute atomic E-state index is 0.0173. The maximum absolute atomic E-state index is 6.77. The maximum atomic E-state index is 6.77. The third kappa shape index (κ3) is 6.89. The Bertz CT molecular complexity index is 2800. The second kappa shape index (κ2) is 14.2. The lowest BCUT2D eigenvalue weighted by molar-refractivity contribution is 0.483. The summed E-state index contributed by atoms with van der Waals surface area (Å²) >= 11 is 0. The van der Waals surface area contributed by atoms with Gasteiger partial charge in [0.25, 0.3) is 0 Å². The molecule has 0 fully saturated rings. The van der Waals surface area contributed by atoms with Crippen molar-refractivity contribution in [3.8, 4) is 28.4 Å². The van der Waals surface area contributed by atoms with Crippen molar-refractivity contribution in [3.05, 3.63) is 168 Å². The fourth-order valence-corrected chi connectivity index (χ4v) is 8.19. The molecule has 3 heterocycles. The van der Waals surface area contributed by atoms with Crippen LogP contribution in [0.2, 0.25) is 0 Å². The number of benzene rings is 6. The van der Waals surface area contributed by atoms with E-state index in [2.05, 4.69) is 209 Å². The molecule has 0 N–H and O–H groups in total. The molecule has 0 aliphatic carbocycles. The van der Waals surface area contributed by atoms with Crippen LogP contribution in [0.4, 0.5) is 22.7 Å². The fraction of sp³-hybridized carbons (Fsp3) is 0.226. The van der Waals surface area contributed by atoms with Crippen molar-refractivity contribution >= 4 is 44.6 Å². The highest BCUT2D eigenvalue weighted by molar-refractivity contribution is 6.10. The van der Waals surface area contributed by atoms with E-state index in [0.29, 0.717) is 12.6 Å². The molecule has 5 nitrogen and oxygen atoms in total. The predicted molar refractivity (Wildman–Crippen MR) is 244 cm³/mol. The Kier molecular flexibility index (Phi) is 9.15. The summed E-state index contributed by atoms with van der Waals surface area (Å²) in [6, 6.07) is 52.4. The van der Waals surface area contributed by atoms with Crippen LogP contribution < -0.4 is 14.5 Å². The first-order chi connectivity index (χ1) is 27.8. The second-order valence-corrected chi connectivity index (χ2v) is 18.1. The highest BCUT2D eigenvalue weighted by atomic mass is 16.5. The van der Waals surface area contributed by atoms with Crippen LogP contribution in [0.3, 0.4) is 0 Å². The lowest BCUT2D eigenvalue weighted by atomic mass is 9.84. The molecule has 0 radical (unpaired) electrons. The van der Waals surface area contributed by atoms with Gasteiger partial charge in [0.05, 0.1) is 22.4 Å². The molecule has 6 aromatic carbocycles. The molecule has 5 heteroatoms. The van der Waals surface area contributed by atoms with Gasteiger partial charge in [-0.3, -0.25) is 4.57 Å². The van der Waals surface area contributed by atoms with Crippen molar-refractivity contribution in [2.75, 3.05) is 16.5 Å². The fourth-order valence-electron chi connectivity index (χ4n) is 8.19. The Balaban J connectivity index is 1.10. The number of hydrogen-bond acceptors (Lipinski definition) is 4. The third-order valence-electron chi connectivity index (χ3n) is 11.6. The number of nitrogens with zero attached hydrogens (tertiary/aromatic N) is 4. The van der Waals surface area contributed by atoms with Gasteiger partial charge >= 0.3 is 0 Å². The van der Waals surface area contributed by atoms with Crippen molar-refractivity contribution in [3.63, 3.8) is 0 Å². The standard InChI is InChI=1S/C53H52N4O/c1-35(2)38-27-40(53(6,7)8)30-42(28-38)56-34-55(48-19-12-13-20-49(48)56)41-17-14-18-43(32-41)58-44-22-23-45-46-29-37(36-15-10-9-11-16-36)21-24-47(46)57(50(45)33-44)51-31-39(25-26-54-51)52(3,4)5/h9-33,35H,34H2,1-8H3. The SMILES string of the molecule is CC(C)c1cc(N2CN(c3cccc(Oc4ccc5c6cc(-c7ccccc7)ccc6n(-c6cc(C(C)(C)C)ccn6)c5c4)c3)c3ccccc32)cc(C(C)(C)C)c1. The molecule has 0 atom stereocenters. The van der Waals surface area contributed by atoms with Gasteiger partial charge in [0.2, 0.25) is 0 Å². The number of rotatable bonds is 7. The van der Waals surface area contributed by atoms with E-state index in [4.69, 9.17) is 9.72 Å². The second-order valence-electron chi connectivity index (χ2n) is 18.1. The molecule has 0 saturated heterocycles. The highest BCUT2D eigenvalue weighted by Crippen LogP contribution is 2.46. The summed E-state index contributed by atoms with van der Waals surface area (Å²) in [5.74, 6) is 2.88. The van der Waals surface area contributed by atoms with Gasteiger partial charge in [0.15, 0.2) is 0 Å². The van der Waals surface area contributed by atoms with Gasteiger partial charge in [0.1, 0.15) is 24.0 Å². The van der Waals surface area contributed by atoms with E-state index in [1.807, 2.05) is 12.3 Å². The van der Waals surface area contributed by atoms with Gasteiger partial charge in [0, 0.05) is 40.5 Å². The molecule has 0 amide bonds. The summed E-state index contributed by atoms with van der Waals surface area (Å²) in [6.07, 6.45) is 1.93. The average Bonchev–Trinajstić information content (AvgIpc) is 3.76. The quantitative estimate of drug-likeness (QED) is 0.162. The molecule has 290 valence electrons. The summed E-state index contributed by atoms with van der Waals surface area (Å²) in [4.78, 5) is 9.77. The van der Waals surface area contributed by atoms with E-state index >= 15 is 0 Å². The maximum Gasteiger partial charge on any atom is 0.137 e. The number of aromatic nitrogens is 2. The topological polar surface area (TPSA) is 33.5 Å². The zero-order valence-corrected chi connectivity index (χ0v) is 34.9. The van der Waals surface area contributed by atoms with Crippen LogP contribution in [0, 0.1) is 0 Å². The van der Waals surface area contributed by atoms with E-state index in [9.17, 15) is 0 Å². The first-order valence-electron chi connectivity index (χ1n) is 20.5. The minimum Gasteiger partial charge on any atom is -0.457 e. The van der Waals surface area contributed by atoms with Crippen LogP contribution in [0.15, 0.2) is 152 Å². The van der Waals surface area contributed by atoms with E-state index < -0.39 is 0 Å². The Morgan fingerprint density at radius 3 is 1.97 bits per heavy atom.